The monoisotopic (exact) mass is 281 g/mol. The largest absolute Gasteiger partial charge is 0.471 e. The molecule has 1 heterocycles. The van der Waals surface area contributed by atoms with Crippen molar-refractivity contribution in [2.24, 2.45) is 0 Å². The van der Waals surface area contributed by atoms with Gasteiger partial charge in [-0.25, -0.2) is 0 Å². The number of anilines is 1. The molecule has 2 N–H and O–H groups in total. The van der Waals surface area contributed by atoms with Gasteiger partial charge in [0.25, 0.3) is 5.56 Å². The number of aromatic nitrogens is 1. The minimum Gasteiger partial charge on any atom is -0.321 e. The summed E-state index contributed by atoms with van der Waals surface area (Å²) in [6.07, 6.45) is -5.03. The summed E-state index contributed by atoms with van der Waals surface area (Å²) >= 11 is 0. The lowest BCUT2D eigenvalue weighted by Crippen LogP contribution is -2.30. The number of hydrogen-bond acceptors (Lipinski definition) is 3. The number of nitriles is 1. The number of halogens is 3. The molecule has 1 aromatic carbocycles. The molecule has 2 aromatic rings. The van der Waals surface area contributed by atoms with Crippen molar-refractivity contribution in [3.05, 3.63) is 40.2 Å². The number of amides is 1. The van der Waals surface area contributed by atoms with Gasteiger partial charge in [0, 0.05) is 5.39 Å². The van der Waals surface area contributed by atoms with Gasteiger partial charge in [0.05, 0.1) is 11.2 Å². The van der Waals surface area contributed by atoms with E-state index >= 15 is 0 Å². The second-order valence-electron chi connectivity index (χ2n) is 3.84. The van der Waals surface area contributed by atoms with Crippen LogP contribution in [0, 0.1) is 11.3 Å². The number of nitrogens with one attached hydrogen (secondary N) is 2. The molecule has 0 atom stereocenters. The summed E-state index contributed by atoms with van der Waals surface area (Å²) in [7, 11) is 0. The van der Waals surface area contributed by atoms with Crippen LogP contribution in [0.5, 0.6) is 0 Å². The quantitative estimate of drug-likeness (QED) is 0.837. The summed E-state index contributed by atoms with van der Waals surface area (Å²) in [6.45, 7) is 0. The molecule has 0 fully saturated rings. The van der Waals surface area contributed by atoms with Crippen LogP contribution < -0.4 is 10.9 Å². The van der Waals surface area contributed by atoms with Gasteiger partial charge in [0.2, 0.25) is 0 Å². The molecule has 0 saturated heterocycles. The standard InChI is InChI=1S/C12H6F3N3O2/c13-12(14,15)11(20)18-9-3-1-2-8-7(9)4-6(5-16)10(19)17-8/h1-4H,(H,17,19)(H,18,20). The van der Waals surface area contributed by atoms with Crippen molar-refractivity contribution in [1.82, 2.24) is 4.98 Å². The molecule has 0 aliphatic rings. The van der Waals surface area contributed by atoms with E-state index in [9.17, 15) is 22.8 Å². The first kappa shape index (κ1) is 13.6. The van der Waals surface area contributed by atoms with Gasteiger partial charge in [-0.3, -0.25) is 9.59 Å². The molecule has 1 aromatic heterocycles. The third-order valence-corrected chi connectivity index (χ3v) is 2.51. The number of benzene rings is 1. The Bertz CT molecular complexity index is 787. The lowest BCUT2D eigenvalue weighted by atomic mass is 10.1. The molecule has 20 heavy (non-hydrogen) atoms. The van der Waals surface area contributed by atoms with Gasteiger partial charge in [-0.05, 0) is 18.2 Å². The van der Waals surface area contributed by atoms with E-state index in [0.29, 0.717) is 0 Å². The maximum Gasteiger partial charge on any atom is 0.471 e. The Hall–Kier alpha value is -2.82. The SMILES string of the molecule is N#Cc1cc2c(NC(=O)C(F)(F)F)cccc2[nH]c1=O. The number of H-pyrrole nitrogens is 1. The predicted molar refractivity (Wildman–Crippen MR) is 64.0 cm³/mol. The van der Waals surface area contributed by atoms with E-state index in [1.54, 1.807) is 11.4 Å². The highest BCUT2D eigenvalue weighted by Gasteiger charge is 2.38. The van der Waals surface area contributed by atoms with Crippen molar-refractivity contribution in [2.45, 2.75) is 6.18 Å². The predicted octanol–water partition coefficient (Wildman–Crippen LogP) is 1.90. The fourth-order valence-corrected chi connectivity index (χ4v) is 1.61. The zero-order chi connectivity index (χ0) is 14.9. The molecular formula is C12H6F3N3O2. The minimum atomic E-state index is -5.03. The highest BCUT2D eigenvalue weighted by atomic mass is 19.4. The number of hydrogen-bond donors (Lipinski definition) is 2. The lowest BCUT2D eigenvalue weighted by molar-refractivity contribution is -0.167. The number of aromatic amines is 1. The van der Waals surface area contributed by atoms with Gasteiger partial charge in [-0.1, -0.05) is 6.07 Å². The third kappa shape index (κ3) is 2.47. The van der Waals surface area contributed by atoms with Crippen molar-refractivity contribution >= 4 is 22.5 Å². The molecule has 2 rings (SSSR count). The maximum absolute atomic E-state index is 12.2. The number of rotatable bonds is 1. The van der Waals surface area contributed by atoms with Crippen molar-refractivity contribution in [3.8, 4) is 6.07 Å². The first-order valence-corrected chi connectivity index (χ1v) is 5.27. The Labute approximate surface area is 109 Å². The van der Waals surface area contributed by atoms with Crippen LogP contribution in [0.4, 0.5) is 18.9 Å². The normalized spacial score (nSPS) is 11.1. The molecule has 1 amide bonds. The smallest absolute Gasteiger partial charge is 0.321 e. The van der Waals surface area contributed by atoms with Gasteiger partial charge >= 0.3 is 12.1 Å². The first-order valence-electron chi connectivity index (χ1n) is 5.27. The highest BCUT2D eigenvalue weighted by molar-refractivity contribution is 6.03. The van der Waals surface area contributed by atoms with Gasteiger partial charge in [0.15, 0.2) is 0 Å². The molecule has 0 aliphatic heterocycles. The van der Waals surface area contributed by atoms with Crippen LogP contribution in [0.1, 0.15) is 5.56 Å². The number of carbonyl (C=O) groups is 1. The van der Waals surface area contributed by atoms with Gasteiger partial charge in [0.1, 0.15) is 11.6 Å². The first-order chi connectivity index (χ1) is 9.32. The van der Waals surface area contributed by atoms with Crippen LogP contribution in [0.25, 0.3) is 10.9 Å². The molecule has 5 nitrogen and oxygen atoms in total. The summed E-state index contributed by atoms with van der Waals surface area (Å²) in [5, 5.41) is 10.6. The van der Waals surface area contributed by atoms with E-state index in [1.807, 2.05) is 0 Å². The van der Waals surface area contributed by atoms with Crippen LogP contribution in [0.2, 0.25) is 0 Å². The molecule has 0 saturated carbocycles. The zero-order valence-corrected chi connectivity index (χ0v) is 9.71. The van der Waals surface area contributed by atoms with Crippen molar-refractivity contribution in [2.75, 3.05) is 5.32 Å². The average Bonchev–Trinajstić information content (AvgIpc) is 2.37. The van der Waals surface area contributed by atoms with Crippen LogP contribution in [0.3, 0.4) is 0 Å². The molecular weight excluding hydrogens is 275 g/mol. The van der Waals surface area contributed by atoms with Crippen LogP contribution in [-0.2, 0) is 4.79 Å². The van der Waals surface area contributed by atoms with Gasteiger partial charge in [-0.2, -0.15) is 18.4 Å². The number of pyridine rings is 1. The second-order valence-corrected chi connectivity index (χ2v) is 3.84. The Morgan fingerprint density at radius 3 is 2.65 bits per heavy atom. The highest BCUT2D eigenvalue weighted by Crippen LogP contribution is 2.24. The number of nitrogens with zero attached hydrogens (tertiary/aromatic N) is 1. The Morgan fingerprint density at radius 2 is 2.05 bits per heavy atom. The average molecular weight is 281 g/mol. The Morgan fingerprint density at radius 1 is 1.35 bits per heavy atom. The zero-order valence-electron chi connectivity index (χ0n) is 9.71. The van der Waals surface area contributed by atoms with E-state index in [2.05, 4.69) is 4.98 Å². The molecule has 0 unspecified atom stereocenters. The summed E-state index contributed by atoms with van der Waals surface area (Å²) in [5.41, 5.74) is -0.836. The van der Waals surface area contributed by atoms with E-state index in [4.69, 9.17) is 5.26 Å². The van der Waals surface area contributed by atoms with E-state index < -0.39 is 17.6 Å². The maximum atomic E-state index is 12.2. The van der Waals surface area contributed by atoms with Crippen molar-refractivity contribution in [3.63, 3.8) is 0 Å². The topological polar surface area (TPSA) is 85.8 Å². The number of fused-ring (bicyclic) bond motifs is 1. The van der Waals surface area contributed by atoms with Crippen molar-refractivity contribution < 1.29 is 18.0 Å². The summed E-state index contributed by atoms with van der Waals surface area (Å²) in [6, 6.07) is 6.80. The van der Waals surface area contributed by atoms with E-state index in [1.165, 1.54) is 18.2 Å². The molecule has 102 valence electrons. The molecule has 0 aliphatic carbocycles. The van der Waals surface area contributed by atoms with E-state index in [0.717, 1.165) is 6.07 Å². The summed E-state index contributed by atoms with van der Waals surface area (Å²) < 4.78 is 36.7. The van der Waals surface area contributed by atoms with Crippen molar-refractivity contribution in [1.29, 1.82) is 5.26 Å². The summed E-state index contributed by atoms with van der Waals surface area (Å²) in [5.74, 6) is -2.13. The van der Waals surface area contributed by atoms with Crippen LogP contribution >= 0.6 is 0 Å². The van der Waals surface area contributed by atoms with Crippen LogP contribution in [0.15, 0.2) is 29.1 Å². The lowest BCUT2D eigenvalue weighted by Gasteiger charge is -2.10. The van der Waals surface area contributed by atoms with Gasteiger partial charge in [-0.15, -0.1) is 0 Å². The molecule has 0 bridgehead atoms. The Kier molecular flexibility index (Phi) is 3.19. The molecule has 0 radical (unpaired) electrons. The summed E-state index contributed by atoms with van der Waals surface area (Å²) in [4.78, 5) is 24.7. The second kappa shape index (κ2) is 4.70. The fourth-order valence-electron chi connectivity index (χ4n) is 1.61. The fraction of sp³-hybridized carbons (Fsp3) is 0.0833. The van der Waals surface area contributed by atoms with E-state index in [-0.39, 0.29) is 22.2 Å². The third-order valence-electron chi connectivity index (χ3n) is 2.51. The van der Waals surface area contributed by atoms with Gasteiger partial charge < -0.3 is 10.3 Å². The minimum absolute atomic E-state index is 0.140. The number of carbonyl (C=O) groups excluding carboxylic acids is 1. The Balaban J connectivity index is 2.58. The molecule has 8 heteroatoms. The molecule has 0 spiro atoms. The number of alkyl halides is 3. The van der Waals surface area contributed by atoms with Crippen LogP contribution in [-0.4, -0.2) is 17.1 Å².